The monoisotopic (exact) mass is 395 g/mol. The zero-order chi connectivity index (χ0) is 16.9. The van der Waals surface area contributed by atoms with Gasteiger partial charge >= 0.3 is 6.03 Å². The van der Waals surface area contributed by atoms with Crippen molar-refractivity contribution >= 4 is 22.0 Å². The van der Waals surface area contributed by atoms with E-state index in [9.17, 15) is 4.79 Å². The largest absolute Gasteiger partial charge is 0.493 e. The van der Waals surface area contributed by atoms with Gasteiger partial charge in [-0.2, -0.15) is 0 Å². The Hall–Kier alpha value is -1.27. The van der Waals surface area contributed by atoms with Crippen LogP contribution in [0.1, 0.15) is 37.8 Å². The minimum Gasteiger partial charge on any atom is -0.493 e. The first-order valence-electron chi connectivity index (χ1n) is 8.81. The van der Waals surface area contributed by atoms with Gasteiger partial charge in [0.1, 0.15) is 5.75 Å². The van der Waals surface area contributed by atoms with E-state index in [2.05, 4.69) is 38.4 Å². The van der Waals surface area contributed by atoms with Gasteiger partial charge in [0.2, 0.25) is 0 Å². The molecule has 2 N–H and O–H groups in total. The van der Waals surface area contributed by atoms with Crippen LogP contribution in [-0.4, -0.2) is 43.7 Å². The average Bonchev–Trinajstić information content (AvgIpc) is 2.55. The number of hydrogen-bond acceptors (Lipinski definition) is 3. The Morgan fingerprint density at radius 3 is 3.12 bits per heavy atom. The summed E-state index contributed by atoms with van der Waals surface area (Å²) in [5.41, 5.74) is 1.04. The molecule has 2 heterocycles. The highest BCUT2D eigenvalue weighted by atomic mass is 79.9. The third-order valence-electron chi connectivity index (χ3n) is 4.77. The van der Waals surface area contributed by atoms with Crippen molar-refractivity contribution in [2.45, 2.75) is 32.2 Å². The van der Waals surface area contributed by atoms with Gasteiger partial charge in [0.05, 0.1) is 12.6 Å². The van der Waals surface area contributed by atoms with E-state index in [1.54, 1.807) is 0 Å². The zero-order valence-corrected chi connectivity index (χ0v) is 15.8. The quantitative estimate of drug-likeness (QED) is 0.821. The molecule has 3 rings (SSSR count). The fraction of sp³-hybridized carbons (Fsp3) is 0.611. The Balaban J connectivity index is 1.46. The second-order valence-electron chi connectivity index (χ2n) is 6.82. The summed E-state index contributed by atoms with van der Waals surface area (Å²) in [4.78, 5) is 14.7. The number of fused-ring (bicyclic) bond motifs is 1. The predicted octanol–water partition coefficient (Wildman–Crippen LogP) is 3.30. The molecule has 0 bridgehead atoms. The Morgan fingerprint density at radius 1 is 1.42 bits per heavy atom. The van der Waals surface area contributed by atoms with Crippen LogP contribution in [0.15, 0.2) is 22.7 Å². The second kappa shape index (κ2) is 8.21. The van der Waals surface area contributed by atoms with Crippen LogP contribution in [0, 0.1) is 5.92 Å². The number of amides is 2. The molecule has 0 aromatic heterocycles. The number of nitrogens with one attached hydrogen (secondary N) is 2. The molecule has 2 atom stereocenters. The maximum atomic E-state index is 12.2. The summed E-state index contributed by atoms with van der Waals surface area (Å²) in [7, 11) is 0. The summed E-state index contributed by atoms with van der Waals surface area (Å²) in [5.74, 6) is 1.63. The standard InChI is InChI=1S/C18H26BrN3O2/c1-13-3-2-8-22(12-13)9-7-20-18(23)21-16-6-10-24-17-5-4-14(19)11-15(16)17/h4-5,11,13,16H,2-3,6-10,12H2,1H3,(H2,20,21,23)/t13-,16-/m1/s1. The molecule has 2 aliphatic heterocycles. The van der Waals surface area contributed by atoms with Gasteiger partial charge in [-0.25, -0.2) is 4.79 Å². The fourth-order valence-electron chi connectivity index (χ4n) is 3.54. The molecule has 0 aliphatic carbocycles. The summed E-state index contributed by atoms with van der Waals surface area (Å²) in [6.07, 6.45) is 3.38. The van der Waals surface area contributed by atoms with Crippen molar-refractivity contribution in [3.63, 3.8) is 0 Å². The van der Waals surface area contributed by atoms with E-state index in [0.29, 0.717) is 13.2 Å². The lowest BCUT2D eigenvalue weighted by Gasteiger charge is -2.31. The van der Waals surface area contributed by atoms with Crippen LogP contribution < -0.4 is 15.4 Å². The highest BCUT2D eigenvalue weighted by molar-refractivity contribution is 9.10. The molecule has 2 amide bonds. The Bertz CT molecular complexity index is 581. The molecule has 0 radical (unpaired) electrons. The van der Waals surface area contributed by atoms with Crippen LogP contribution in [0.3, 0.4) is 0 Å². The number of halogens is 1. The van der Waals surface area contributed by atoms with Crippen LogP contribution in [0.25, 0.3) is 0 Å². The van der Waals surface area contributed by atoms with Crippen molar-refractivity contribution in [3.05, 3.63) is 28.2 Å². The van der Waals surface area contributed by atoms with E-state index in [1.165, 1.54) is 12.8 Å². The minimum atomic E-state index is -0.0992. The lowest BCUT2D eigenvalue weighted by Crippen LogP contribution is -2.44. The van der Waals surface area contributed by atoms with Gasteiger partial charge in [0.15, 0.2) is 0 Å². The molecule has 5 nitrogen and oxygen atoms in total. The number of hydrogen-bond donors (Lipinski definition) is 2. The first-order chi connectivity index (χ1) is 11.6. The van der Waals surface area contributed by atoms with Crippen molar-refractivity contribution in [2.75, 3.05) is 32.8 Å². The van der Waals surface area contributed by atoms with Gasteiger partial charge in [-0.05, 0) is 43.5 Å². The number of rotatable bonds is 4. The lowest BCUT2D eigenvalue weighted by molar-refractivity contribution is 0.183. The minimum absolute atomic E-state index is 0.00117. The number of benzene rings is 1. The van der Waals surface area contributed by atoms with Gasteiger partial charge in [-0.1, -0.05) is 22.9 Å². The molecule has 132 valence electrons. The molecule has 24 heavy (non-hydrogen) atoms. The van der Waals surface area contributed by atoms with E-state index in [1.807, 2.05) is 18.2 Å². The van der Waals surface area contributed by atoms with E-state index < -0.39 is 0 Å². The number of likely N-dealkylation sites (tertiary alicyclic amines) is 1. The van der Waals surface area contributed by atoms with Crippen LogP contribution in [-0.2, 0) is 0 Å². The van der Waals surface area contributed by atoms with E-state index in [4.69, 9.17) is 4.74 Å². The summed E-state index contributed by atoms with van der Waals surface area (Å²) >= 11 is 3.49. The number of nitrogens with zero attached hydrogens (tertiary/aromatic N) is 1. The SMILES string of the molecule is C[C@@H]1CCCN(CCNC(=O)N[C@@H]2CCOc3ccc(Br)cc32)C1. The van der Waals surface area contributed by atoms with E-state index in [-0.39, 0.29) is 12.1 Å². The molecule has 0 spiro atoms. The maximum Gasteiger partial charge on any atom is 0.315 e. The molecule has 1 aromatic carbocycles. The Kier molecular flexibility index (Phi) is 6.00. The second-order valence-corrected chi connectivity index (χ2v) is 7.74. The molecule has 2 aliphatic rings. The first-order valence-corrected chi connectivity index (χ1v) is 9.60. The van der Waals surface area contributed by atoms with Crippen LogP contribution in [0.2, 0.25) is 0 Å². The molecule has 6 heteroatoms. The number of carbonyl (C=O) groups is 1. The molecule has 1 saturated heterocycles. The molecule has 0 saturated carbocycles. The van der Waals surface area contributed by atoms with Gasteiger partial charge in [0, 0.05) is 36.1 Å². The number of carbonyl (C=O) groups excluding carboxylic acids is 1. The van der Waals surface area contributed by atoms with Gasteiger partial charge < -0.3 is 20.3 Å². The van der Waals surface area contributed by atoms with Crippen LogP contribution >= 0.6 is 15.9 Å². The molecule has 1 aromatic rings. The van der Waals surface area contributed by atoms with Crippen LogP contribution in [0.4, 0.5) is 4.79 Å². The van der Waals surface area contributed by atoms with Crippen molar-refractivity contribution in [1.82, 2.24) is 15.5 Å². The summed E-state index contributed by atoms with van der Waals surface area (Å²) in [6.45, 7) is 6.83. The van der Waals surface area contributed by atoms with E-state index >= 15 is 0 Å². The molecule has 1 fully saturated rings. The number of piperidine rings is 1. The third-order valence-corrected chi connectivity index (χ3v) is 5.26. The maximum absolute atomic E-state index is 12.2. The predicted molar refractivity (Wildman–Crippen MR) is 98.4 cm³/mol. The highest BCUT2D eigenvalue weighted by Gasteiger charge is 2.23. The van der Waals surface area contributed by atoms with Crippen molar-refractivity contribution in [2.24, 2.45) is 5.92 Å². The van der Waals surface area contributed by atoms with E-state index in [0.717, 1.165) is 47.8 Å². The molecular weight excluding hydrogens is 370 g/mol. The van der Waals surface area contributed by atoms with Crippen molar-refractivity contribution < 1.29 is 9.53 Å². The average molecular weight is 396 g/mol. The molecule has 0 unspecified atom stereocenters. The number of urea groups is 1. The Morgan fingerprint density at radius 2 is 2.29 bits per heavy atom. The Labute approximate surface area is 152 Å². The smallest absolute Gasteiger partial charge is 0.315 e. The number of ether oxygens (including phenoxy) is 1. The summed E-state index contributed by atoms with van der Waals surface area (Å²) in [6, 6.07) is 5.83. The third kappa shape index (κ3) is 4.63. The summed E-state index contributed by atoms with van der Waals surface area (Å²) in [5, 5.41) is 6.07. The summed E-state index contributed by atoms with van der Waals surface area (Å²) < 4.78 is 6.66. The van der Waals surface area contributed by atoms with Crippen molar-refractivity contribution in [3.8, 4) is 5.75 Å². The van der Waals surface area contributed by atoms with Gasteiger partial charge in [0.25, 0.3) is 0 Å². The molecular formula is C18H26BrN3O2. The van der Waals surface area contributed by atoms with Crippen molar-refractivity contribution in [1.29, 1.82) is 0 Å². The van der Waals surface area contributed by atoms with Gasteiger partial charge in [-0.15, -0.1) is 0 Å². The zero-order valence-electron chi connectivity index (χ0n) is 14.2. The highest BCUT2D eigenvalue weighted by Crippen LogP contribution is 2.33. The fourth-order valence-corrected chi connectivity index (χ4v) is 3.92. The van der Waals surface area contributed by atoms with Crippen LogP contribution in [0.5, 0.6) is 5.75 Å². The first kappa shape index (κ1) is 17.5. The topological polar surface area (TPSA) is 53.6 Å². The lowest BCUT2D eigenvalue weighted by atomic mass is 10.0. The van der Waals surface area contributed by atoms with Gasteiger partial charge in [-0.3, -0.25) is 0 Å². The normalized spacial score (nSPS) is 23.9.